The number of benzene rings is 1. The van der Waals surface area contributed by atoms with Gasteiger partial charge in [0.25, 0.3) is 0 Å². The lowest BCUT2D eigenvalue weighted by Crippen LogP contribution is -2.30. The molecule has 0 saturated carbocycles. The fraction of sp³-hybridized carbons (Fsp3) is 0.231. The molecule has 0 fully saturated rings. The van der Waals surface area contributed by atoms with Gasteiger partial charge in [0.05, 0.1) is 22.3 Å². The highest BCUT2D eigenvalue weighted by molar-refractivity contribution is 7.80. The Kier molecular flexibility index (Phi) is 4.86. The smallest absolute Gasteiger partial charge is 0.173 e. The summed E-state index contributed by atoms with van der Waals surface area (Å²) in [5.74, 6) is 0. The van der Waals surface area contributed by atoms with Gasteiger partial charge in [-0.25, -0.2) is 0 Å². The molecule has 0 aliphatic carbocycles. The van der Waals surface area contributed by atoms with Crippen LogP contribution in [0, 0.1) is 0 Å². The highest BCUT2D eigenvalue weighted by Gasteiger charge is 2.08. The quantitative estimate of drug-likeness (QED) is 0.873. The molecule has 1 heterocycles. The highest BCUT2D eigenvalue weighted by Crippen LogP contribution is 2.25. The van der Waals surface area contributed by atoms with Crippen LogP contribution in [0.2, 0.25) is 10.0 Å². The summed E-state index contributed by atoms with van der Waals surface area (Å²) in [4.78, 5) is 1.90. The van der Waals surface area contributed by atoms with E-state index < -0.39 is 0 Å². The molecule has 2 rings (SSSR count). The van der Waals surface area contributed by atoms with E-state index in [0.29, 0.717) is 21.7 Å². The second-order valence-electron chi connectivity index (χ2n) is 4.40. The number of aryl methyl sites for hydroxylation is 1. The van der Waals surface area contributed by atoms with Gasteiger partial charge < -0.3 is 10.2 Å². The lowest BCUT2D eigenvalue weighted by atomic mass is 10.3. The Morgan fingerprint density at radius 1 is 1.35 bits per heavy atom. The zero-order valence-electron chi connectivity index (χ0n) is 11.1. The number of aromatic nitrogens is 2. The molecule has 0 saturated heterocycles. The first-order valence-corrected chi connectivity index (χ1v) is 7.08. The van der Waals surface area contributed by atoms with Crippen molar-refractivity contribution in [3.63, 3.8) is 0 Å². The Labute approximate surface area is 133 Å². The van der Waals surface area contributed by atoms with E-state index in [2.05, 4.69) is 10.4 Å². The van der Waals surface area contributed by atoms with Gasteiger partial charge in [0.2, 0.25) is 0 Å². The van der Waals surface area contributed by atoms with Crippen molar-refractivity contribution in [1.29, 1.82) is 0 Å². The molecule has 20 heavy (non-hydrogen) atoms. The minimum atomic E-state index is 0.492. The van der Waals surface area contributed by atoms with Crippen LogP contribution in [0.4, 0.5) is 5.69 Å². The van der Waals surface area contributed by atoms with Crippen LogP contribution in [0.3, 0.4) is 0 Å². The first-order chi connectivity index (χ1) is 9.45. The van der Waals surface area contributed by atoms with Gasteiger partial charge in [0, 0.05) is 26.0 Å². The van der Waals surface area contributed by atoms with E-state index in [4.69, 9.17) is 35.4 Å². The van der Waals surface area contributed by atoms with Gasteiger partial charge in [-0.1, -0.05) is 23.2 Å². The first kappa shape index (κ1) is 15.1. The molecule has 0 atom stereocenters. The molecule has 1 aromatic heterocycles. The average molecular weight is 329 g/mol. The fourth-order valence-corrected chi connectivity index (χ4v) is 2.14. The number of hydrogen-bond acceptors (Lipinski definition) is 2. The minimum absolute atomic E-state index is 0.492. The molecule has 1 aromatic carbocycles. The summed E-state index contributed by atoms with van der Waals surface area (Å²) in [5.41, 5.74) is 1.76. The van der Waals surface area contributed by atoms with Crippen molar-refractivity contribution in [2.24, 2.45) is 7.05 Å². The first-order valence-electron chi connectivity index (χ1n) is 5.91. The van der Waals surface area contributed by atoms with Crippen LogP contribution in [-0.4, -0.2) is 26.8 Å². The second kappa shape index (κ2) is 6.43. The number of halogens is 2. The average Bonchev–Trinajstić information content (AvgIpc) is 2.79. The molecule has 1 N–H and O–H groups in total. The number of nitrogens with zero attached hydrogens (tertiary/aromatic N) is 3. The van der Waals surface area contributed by atoms with Crippen molar-refractivity contribution in [3.8, 4) is 0 Å². The summed E-state index contributed by atoms with van der Waals surface area (Å²) in [5, 5.41) is 9.03. The Balaban J connectivity index is 1.98. The van der Waals surface area contributed by atoms with Crippen molar-refractivity contribution in [1.82, 2.24) is 14.7 Å². The molecule has 0 bridgehead atoms. The Morgan fingerprint density at radius 2 is 2.10 bits per heavy atom. The summed E-state index contributed by atoms with van der Waals surface area (Å²) >= 11 is 17.2. The summed E-state index contributed by atoms with van der Waals surface area (Å²) in [7, 11) is 3.79. The summed E-state index contributed by atoms with van der Waals surface area (Å²) in [6.45, 7) is 0.633. The second-order valence-corrected chi connectivity index (χ2v) is 5.60. The molecule has 7 heteroatoms. The standard InChI is InChI=1S/C13H14Cl2N4S/c1-18(8-10-5-6-19(2)17-10)13(20)16-9-3-4-11(14)12(15)7-9/h3-7H,8H2,1-2H3,(H,16,20). The monoisotopic (exact) mass is 328 g/mol. The van der Waals surface area contributed by atoms with Crippen LogP contribution in [0.15, 0.2) is 30.5 Å². The molecule has 0 amide bonds. The molecule has 0 unspecified atom stereocenters. The molecule has 0 radical (unpaired) electrons. The maximum Gasteiger partial charge on any atom is 0.173 e. The number of rotatable bonds is 3. The number of thiocarbonyl (C=S) groups is 1. The largest absolute Gasteiger partial charge is 0.346 e. The van der Waals surface area contributed by atoms with Crippen LogP contribution < -0.4 is 5.32 Å². The lowest BCUT2D eigenvalue weighted by Gasteiger charge is -2.20. The van der Waals surface area contributed by atoms with Crippen LogP contribution in [0.5, 0.6) is 0 Å². The van der Waals surface area contributed by atoms with E-state index in [1.54, 1.807) is 16.8 Å². The minimum Gasteiger partial charge on any atom is -0.346 e. The van der Waals surface area contributed by atoms with Gasteiger partial charge in [0.15, 0.2) is 5.11 Å². The predicted molar refractivity (Wildman–Crippen MR) is 87.4 cm³/mol. The van der Waals surface area contributed by atoms with Gasteiger partial charge in [-0.05, 0) is 36.5 Å². The molecule has 4 nitrogen and oxygen atoms in total. The van der Waals surface area contributed by atoms with E-state index in [1.807, 2.05) is 37.3 Å². The van der Waals surface area contributed by atoms with Gasteiger partial charge >= 0.3 is 0 Å². The van der Waals surface area contributed by atoms with Crippen molar-refractivity contribution in [2.45, 2.75) is 6.54 Å². The van der Waals surface area contributed by atoms with E-state index in [9.17, 15) is 0 Å². The van der Waals surface area contributed by atoms with Crippen molar-refractivity contribution in [2.75, 3.05) is 12.4 Å². The van der Waals surface area contributed by atoms with E-state index >= 15 is 0 Å². The summed E-state index contributed by atoms with van der Waals surface area (Å²) < 4.78 is 1.76. The highest BCUT2D eigenvalue weighted by atomic mass is 35.5. The van der Waals surface area contributed by atoms with Crippen LogP contribution in [-0.2, 0) is 13.6 Å². The van der Waals surface area contributed by atoms with Crippen molar-refractivity contribution < 1.29 is 0 Å². The maximum absolute atomic E-state index is 5.97. The lowest BCUT2D eigenvalue weighted by molar-refractivity contribution is 0.495. The van der Waals surface area contributed by atoms with Crippen molar-refractivity contribution >= 4 is 46.2 Å². The maximum atomic E-state index is 5.97. The molecule has 2 aromatic rings. The Hall–Kier alpha value is -1.30. The molecule has 0 aliphatic rings. The van der Waals surface area contributed by atoms with Crippen molar-refractivity contribution in [3.05, 3.63) is 46.2 Å². The number of anilines is 1. The van der Waals surface area contributed by atoms with Gasteiger partial charge in [-0.15, -0.1) is 0 Å². The molecule has 0 spiro atoms. The molecular formula is C13H14Cl2N4S. The Bertz CT molecular complexity index is 627. The normalized spacial score (nSPS) is 10.4. The van der Waals surface area contributed by atoms with Gasteiger partial charge in [-0.2, -0.15) is 5.10 Å². The number of nitrogens with one attached hydrogen (secondary N) is 1. The number of hydrogen-bond donors (Lipinski definition) is 1. The third-order valence-corrected chi connectivity index (χ3v) is 3.84. The zero-order chi connectivity index (χ0) is 14.7. The van der Waals surface area contributed by atoms with Crippen LogP contribution in [0.1, 0.15) is 5.69 Å². The molecular weight excluding hydrogens is 315 g/mol. The van der Waals surface area contributed by atoms with E-state index in [0.717, 1.165) is 11.4 Å². The summed E-state index contributed by atoms with van der Waals surface area (Å²) in [6.07, 6.45) is 1.90. The Morgan fingerprint density at radius 3 is 2.70 bits per heavy atom. The van der Waals surface area contributed by atoms with Crippen LogP contribution in [0.25, 0.3) is 0 Å². The van der Waals surface area contributed by atoms with Gasteiger partial charge in [0.1, 0.15) is 0 Å². The van der Waals surface area contributed by atoms with Gasteiger partial charge in [-0.3, -0.25) is 4.68 Å². The molecule has 106 valence electrons. The van der Waals surface area contributed by atoms with E-state index in [1.165, 1.54) is 0 Å². The third-order valence-electron chi connectivity index (χ3n) is 2.69. The zero-order valence-corrected chi connectivity index (χ0v) is 13.4. The summed E-state index contributed by atoms with van der Waals surface area (Å²) in [6, 6.07) is 7.26. The predicted octanol–water partition coefficient (Wildman–Crippen LogP) is 3.56. The van der Waals surface area contributed by atoms with E-state index in [-0.39, 0.29) is 0 Å². The molecule has 0 aliphatic heterocycles. The fourth-order valence-electron chi connectivity index (χ4n) is 1.66. The topological polar surface area (TPSA) is 33.1 Å². The SMILES string of the molecule is CN(Cc1ccn(C)n1)C(=S)Nc1ccc(Cl)c(Cl)c1. The third kappa shape index (κ3) is 3.85. The van der Waals surface area contributed by atoms with Crippen LogP contribution >= 0.6 is 35.4 Å².